The zero-order valence-corrected chi connectivity index (χ0v) is 19.0. The molecule has 7 heteroatoms. The predicted octanol–water partition coefficient (Wildman–Crippen LogP) is 3.92. The van der Waals surface area contributed by atoms with Crippen molar-refractivity contribution in [3.63, 3.8) is 0 Å². The second kappa shape index (κ2) is 9.60. The molecule has 0 unspecified atom stereocenters. The van der Waals surface area contributed by atoms with Crippen LogP contribution in [0.1, 0.15) is 37.7 Å². The molecule has 0 saturated heterocycles. The van der Waals surface area contributed by atoms with Crippen LogP contribution in [0, 0.1) is 13.8 Å². The highest BCUT2D eigenvalue weighted by atomic mass is 16.5. The minimum Gasteiger partial charge on any atom is -0.493 e. The molecule has 3 aromatic rings. The first-order valence-corrected chi connectivity index (χ1v) is 10.2. The molecular weight excluding hydrogens is 408 g/mol. The van der Waals surface area contributed by atoms with Gasteiger partial charge >= 0.3 is 5.97 Å². The third-order valence-electron chi connectivity index (χ3n) is 5.70. The quantitative estimate of drug-likeness (QED) is 0.541. The summed E-state index contributed by atoms with van der Waals surface area (Å²) in [7, 11) is 4.56. The molecule has 0 bridgehead atoms. The number of aromatic nitrogens is 1. The number of aryl methyl sites for hydroxylation is 1. The molecule has 0 aliphatic heterocycles. The number of esters is 1. The van der Waals surface area contributed by atoms with Crippen LogP contribution < -0.4 is 15.2 Å². The fourth-order valence-corrected chi connectivity index (χ4v) is 4.04. The average Bonchev–Trinajstić information content (AvgIpc) is 3.06. The highest BCUT2D eigenvalue weighted by Crippen LogP contribution is 2.33. The minimum atomic E-state index is -0.484. The van der Waals surface area contributed by atoms with Gasteiger partial charge in [0.1, 0.15) is 0 Å². The Bertz CT molecular complexity index is 1150. The molecule has 32 heavy (non-hydrogen) atoms. The molecule has 0 saturated carbocycles. The van der Waals surface area contributed by atoms with Gasteiger partial charge in [-0.3, -0.25) is 4.79 Å². The van der Waals surface area contributed by atoms with E-state index in [1.54, 1.807) is 38.5 Å². The number of primary amides is 1. The van der Waals surface area contributed by atoms with Crippen LogP contribution in [0.2, 0.25) is 0 Å². The number of benzene rings is 2. The average molecular weight is 437 g/mol. The Balaban J connectivity index is 1.97. The van der Waals surface area contributed by atoms with Gasteiger partial charge in [-0.05, 0) is 55.7 Å². The van der Waals surface area contributed by atoms with Crippen LogP contribution in [0.25, 0.3) is 11.1 Å². The summed E-state index contributed by atoms with van der Waals surface area (Å²) >= 11 is 0. The number of amides is 1. The maximum absolute atomic E-state index is 12.3. The zero-order chi connectivity index (χ0) is 23.4. The Kier molecular flexibility index (Phi) is 6.88. The third-order valence-corrected chi connectivity index (χ3v) is 5.70. The number of rotatable bonds is 8. The van der Waals surface area contributed by atoms with Crippen molar-refractivity contribution in [2.24, 2.45) is 5.73 Å². The number of nitrogens with two attached hydrogens (primary N) is 1. The van der Waals surface area contributed by atoms with E-state index < -0.39 is 11.9 Å². The van der Waals surface area contributed by atoms with Gasteiger partial charge in [0.25, 0.3) is 5.91 Å². The van der Waals surface area contributed by atoms with Crippen molar-refractivity contribution in [1.82, 2.24) is 4.57 Å². The van der Waals surface area contributed by atoms with E-state index in [1.165, 1.54) is 7.11 Å². The van der Waals surface area contributed by atoms with Crippen molar-refractivity contribution in [3.8, 4) is 22.6 Å². The van der Waals surface area contributed by atoms with Crippen molar-refractivity contribution in [1.29, 1.82) is 0 Å². The van der Waals surface area contributed by atoms with E-state index in [2.05, 4.69) is 4.57 Å². The topological polar surface area (TPSA) is 92.8 Å². The molecule has 1 aromatic heterocycles. The van der Waals surface area contributed by atoms with Gasteiger partial charge in [0.15, 0.2) is 11.5 Å². The molecular formula is C25H28N2O5. The van der Waals surface area contributed by atoms with Gasteiger partial charge in [-0.2, -0.15) is 0 Å². The largest absolute Gasteiger partial charge is 0.493 e. The second-order valence-corrected chi connectivity index (χ2v) is 7.44. The molecule has 0 fully saturated rings. The first-order valence-electron chi connectivity index (χ1n) is 10.2. The third kappa shape index (κ3) is 4.32. The summed E-state index contributed by atoms with van der Waals surface area (Å²) in [6, 6.07) is 12.8. The highest BCUT2D eigenvalue weighted by molar-refractivity contribution is 6.02. The van der Waals surface area contributed by atoms with Crippen molar-refractivity contribution in [3.05, 3.63) is 70.5 Å². The van der Waals surface area contributed by atoms with Gasteiger partial charge in [0.2, 0.25) is 0 Å². The second-order valence-electron chi connectivity index (χ2n) is 7.44. The molecule has 0 radical (unpaired) electrons. The Morgan fingerprint density at radius 3 is 2.12 bits per heavy atom. The molecule has 7 nitrogen and oxygen atoms in total. The molecule has 1 amide bonds. The monoisotopic (exact) mass is 436 g/mol. The summed E-state index contributed by atoms with van der Waals surface area (Å²) in [5.74, 6) is 0.461. The number of ether oxygens (including phenoxy) is 3. The van der Waals surface area contributed by atoms with E-state index in [0.29, 0.717) is 29.2 Å². The van der Waals surface area contributed by atoms with Crippen LogP contribution in [0.15, 0.2) is 42.5 Å². The van der Waals surface area contributed by atoms with Crippen molar-refractivity contribution in [2.75, 3.05) is 21.3 Å². The first-order chi connectivity index (χ1) is 15.3. The number of carbonyl (C=O) groups excluding carboxylic acids is 2. The van der Waals surface area contributed by atoms with Crippen LogP contribution >= 0.6 is 0 Å². The lowest BCUT2D eigenvalue weighted by molar-refractivity contribution is 0.0600. The van der Waals surface area contributed by atoms with Crippen molar-refractivity contribution in [2.45, 2.75) is 26.8 Å². The van der Waals surface area contributed by atoms with Gasteiger partial charge in [-0.15, -0.1) is 0 Å². The lowest BCUT2D eigenvalue weighted by Gasteiger charge is -2.12. The maximum atomic E-state index is 12.3. The predicted molar refractivity (Wildman–Crippen MR) is 122 cm³/mol. The molecule has 0 aliphatic carbocycles. The first kappa shape index (κ1) is 22.9. The van der Waals surface area contributed by atoms with Crippen LogP contribution in [-0.2, 0) is 17.7 Å². The van der Waals surface area contributed by atoms with E-state index in [1.807, 2.05) is 32.0 Å². The van der Waals surface area contributed by atoms with Crippen LogP contribution in [0.5, 0.6) is 11.5 Å². The normalized spacial score (nSPS) is 10.7. The molecule has 168 valence electrons. The number of carbonyl (C=O) groups is 2. The molecule has 0 spiro atoms. The fraction of sp³-hybridized carbons (Fsp3) is 0.280. The summed E-state index contributed by atoms with van der Waals surface area (Å²) in [4.78, 5) is 24.1. The number of methoxy groups -OCH3 is 3. The summed E-state index contributed by atoms with van der Waals surface area (Å²) in [5.41, 5.74) is 11.1. The SMILES string of the molecule is COC(=O)c1ccc(-c2c(C(N)=O)c(C)n(CCc3ccc(OC)c(OC)c3)c2C)cc1. The Morgan fingerprint density at radius 1 is 0.906 bits per heavy atom. The van der Waals surface area contributed by atoms with E-state index in [4.69, 9.17) is 19.9 Å². The van der Waals surface area contributed by atoms with Gasteiger partial charge in [-0.25, -0.2) is 4.79 Å². The lowest BCUT2D eigenvalue weighted by Crippen LogP contribution is -2.14. The molecule has 3 rings (SSSR count). The molecule has 0 atom stereocenters. The van der Waals surface area contributed by atoms with Gasteiger partial charge < -0.3 is 24.5 Å². The Hall–Kier alpha value is -3.74. The van der Waals surface area contributed by atoms with Crippen molar-refractivity contribution < 1.29 is 23.8 Å². The van der Waals surface area contributed by atoms with E-state index in [0.717, 1.165) is 34.5 Å². The smallest absolute Gasteiger partial charge is 0.337 e. The molecule has 0 aliphatic rings. The standard InChI is InChI=1S/C25H28N2O5/c1-15-22(18-7-9-19(10-8-18)25(29)32-5)23(24(26)28)16(2)27(15)13-12-17-6-11-20(30-3)21(14-17)31-4/h6-11,14H,12-13H2,1-5H3,(H2,26,28). The zero-order valence-electron chi connectivity index (χ0n) is 19.0. The summed E-state index contributed by atoms with van der Waals surface area (Å²) in [5, 5.41) is 0. The van der Waals surface area contributed by atoms with Crippen LogP contribution in [-0.4, -0.2) is 37.8 Å². The summed E-state index contributed by atoms with van der Waals surface area (Å²) in [6.45, 7) is 4.53. The van der Waals surface area contributed by atoms with Crippen LogP contribution in [0.3, 0.4) is 0 Å². The molecule has 1 heterocycles. The maximum Gasteiger partial charge on any atom is 0.337 e. The fourth-order valence-electron chi connectivity index (χ4n) is 4.04. The van der Waals surface area contributed by atoms with Gasteiger partial charge in [-0.1, -0.05) is 18.2 Å². The van der Waals surface area contributed by atoms with Crippen molar-refractivity contribution >= 4 is 11.9 Å². The number of hydrogen-bond donors (Lipinski definition) is 1. The minimum absolute atomic E-state index is 0.410. The van der Waals surface area contributed by atoms with E-state index in [9.17, 15) is 9.59 Å². The van der Waals surface area contributed by atoms with E-state index in [-0.39, 0.29) is 0 Å². The van der Waals surface area contributed by atoms with E-state index >= 15 is 0 Å². The Labute approximate surface area is 187 Å². The number of hydrogen-bond acceptors (Lipinski definition) is 5. The summed E-state index contributed by atoms with van der Waals surface area (Å²) < 4.78 is 17.6. The van der Waals surface area contributed by atoms with Crippen LogP contribution in [0.4, 0.5) is 0 Å². The number of nitrogens with zero attached hydrogens (tertiary/aromatic N) is 1. The lowest BCUT2D eigenvalue weighted by atomic mass is 9.99. The van der Waals surface area contributed by atoms with Gasteiger partial charge in [0, 0.05) is 23.5 Å². The highest BCUT2D eigenvalue weighted by Gasteiger charge is 2.23. The van der Waals surface area contributed by atoms with Gasteiger partial charge in [0.05, 0.1) is 32.5 Å². The Morgan fingerprint density at radius 2 is 1.56 bits per heavy atom. The molecule has 2 N–H and O–H groups in total. The summed E-state index contributed by atoms with van der Waals surface area (Å²) in [6.07, 6.45) is 0.732. The molecule has 2 aromatic carbocycles.